The van der Waals surface area contributed by atoms with Gasteiger partial charge in [0.1, 0.15) is 0 Å². The highest BCUT2D eigenvalue weighted by atomic mass is 32.1. The summed E-state index contributed by atoms with van der Waals surface area (Å²) in [7, 11) is 0. The minimum atomic E-state index is 0.441. The largest absolute Gasteiger partial charge is 0.383 e. The molecule has 2 nitrogen and oxygen atoms in total. The molecule has 0 radical (unpaired) electrons. The van der Waals surface area contributed by atoms with Crippen molar-refractivity contribution in [2.24, 2.45) is 0 Å². The molecule has 0 saturated heterocycles. The normalized spacial score (nSPS) is 19.1. The van der Waals surface area contributed by atoms with E-state index in [0.717, 1.165) is 13.0 Å². The number of para-hydroxylation sites is 2. The van der Waals surface area contributed by atoms with Gasteiger partial charge < -0.3 is 10.6 Å². The minimum absolute atomic E-state index is 0.441. The maximum Gasteiger partial charge on any atom is 0.0624 e. The summed E-state index contributed by atoms with van der Waals surface area (Å²) < 4.78 is 0. The predicted octanol–water partition coefficient (Wildman–Crippen LogP) is 3.72. The van der Waals surface area contributed by atoms with Crippen LogP contribution in [0.2, 0.25) is 0 Å². The lowest BCUT2D eigenvalue weighted by Gasteiger charge is -2.15. The fourth-order valence-electron chi connectivity index (χ4n) is 2.08. The quantitative estimate of drug-likeness (QED) is 0.780. The first-order valence-corrected chi connectivity index (χ1v) is 6.44. The summed E-state index contributed by atoms with van der Waals surface area (Å²) in [5, 5.41) is 9.21. The van der Waals surface area contributed by atoms with Crippen LogP contribution in [0.1, 0.15) is 17.3 Å². The molecule has 0 unspecified atom stereocenters. The summed E-state index contributed by atoms with van der Waals surface area (Å²) in [5.41, 5.74) is 2.42. The second kappa shape index (κ2) is 4.18. The Morgan fingerprint density at radius 1 is 1.06 bits per heavy atom. The topological polar surface area (TPSA) is 24.1 Å². The van der Waals surface area contributed by atoms with Crippen molar-refractivity contribution in [1.82, 2.24) is 0 Å². The average Bonchev–Trinajstić information content (AvgIpc) is 2.75. The van der Waals surface area contributed by atoms with Gasteiger partial charge >= 0.3 is 0 Å². The fraction of sp³-hybridized carbons (Fsp3) is 0.231. The summed E-state index contributed by atoms with van der Waals surface area (Å²) in [6.45, 7) is 1.02. The van der Waals surface area contributed by atoms with Crippen molar-refractivity contribution >= 4 is 22.7 Å². The lowest BCUT2D eigenvalue weighted by atomic mass is 10.1. The van der Waals surface area contributed by atoms with Gasteiger partial charge in [-0.1, -0.05) is 18.2 Å². The smallest absolute Gasteiger partial charge is 0.0624 e. The summed E-state index contributed by atoms with van der Waals surface area (Å²) >= 11 is 1.82. The van der Waals surface area contributed by atoms with Crippen LogP contribution < -0.4 is 10.6 Å². The number of rotatable bonds is 1. The van der Waals surface area contributed by atoms with Gasteiger partial charge in [-0.25, -0.2) is 0 Å². The maximum atomic E-state index is 3.61. The van der Waals surface area contributed by atoms with Crippen LogP contribution in [0.5, 0.6) is 0 Å². The van der Waals surface area contributed by atoms with Gasteiger partial charge in [-0.15, -0.1) is 11.3 Å². The molecule has 1 aromatic heterocycles. The molecule has 0 amide bonds. The van der Waals surface area contributed by atoms with Crippen molar-refractivity contribution < 1.29 is 0 Å². The number of hydrogen-bond acceptors (Lipinski definition) is 3. The van der Waals surface area contributed by atoms with Crippen LogP contribution in [0.25, 0.3) is 0 Å². The highest BCUT2D eigenvalue weighted by Gasteiger charge is 2.16. The molecule has 2 aromatic rings. The predicted molar refractivity (Wildman–Crippen MR) is 70.2 cm³/mol. The standard InChI is InChI=1S/C13H14N2S/c1-2-5-11-10(4-1)14-8-7-12(15-11)13-6-3-9-16-13/h1-6,9,12,14-15H,7-8H2/t12-/m1/s1. The molecule has 2 N–H and O–H groups in total. The van der Waals surface area contributed by atoms with E-state index < -0.39 is 0 Å². The Morgan fingerprint density at radius 3 is 2.75 bits per heavy atom. The second-order valence-electron chi connectivity index (χ2n) is 3.97. The Morgan fingerprint density at radius 2 is 1.94 bits per heavy atom. The SMILES string of the molecule is c1csc([C@H]2CCNc3ccccc3N2)c1. The zero-order valence-electron chi connectivity index (χ0n) is 8.94. The molecular formula is C13H14N2S. The van der Waals surface area contributed by atoms with Gasteiger partial charge in [-0.05, 0) is 30.0 Å². The molecule has 82 valence electrons. The first-order chi connectivity index (χ1) is 7.93. The molecular weight excluding hydrogens is 216 g/mol. The molecule has 1 aromatic carbocycles. The van der Waals surface area contributed by atoms with Crippen molar-refractivity contribution in [3.63, 3.8) is 0 Å². The Labute approximate surface area is 99.3 Å². The third-order valence-electron chi connectivity index (χ3n) is 2.89. The average molecular weight is 230 g/mol. The van der Waals surface area contributed by atoms with Crippen LogP contribution in [0, 0.1) is 0 Å². The zero-order valence-corrected chi connectivity index (χ0v) is 9.76. The van der Waals surface area contributed by atoms with Crippen LogP contribution in [0.15, 0.2) is 41.8 Å². The molecule has 2 heterocycles. The van der Waals surface area contributed by atoms with E-state index in [9.17, 15) is 0 Å². The third-order valence-corrected chi connectivity index (χ3v) is 3.88. The highest BCUT2D eigenvalue weighted by Crippen LogP contribution is 2.32. The van der Waals surface area contributed by atoms with Gasteiger partial charge in [0.15, 0.2) is 0 Å². The summed E-state index contributed by atoms with van der Waals surface area (Å²) in [4.78, 5) is 1.42. The molecule has 1 aliphatic rings. The van der Waals surface area contributed by atoms with Gasteiger partial charge in [0.25, 0.3) is 0 Å². The Kier molecular flexibility index (Phi) is 2.54. The van der Waals surface area contributed by atoms with Crippen LogP contribution in [0.3, 0.4) is 0 Å². The lowest BCUT2D eigenvalue weighted by Crippen LogP contribution is -2.09. The monoisotopic (exact) mass is 230 g/mol. The fourth-order valence-corrected chi connectivity index (χ4v) is 2.89. The molecule has 0 fully saturated rings. The van der Waals surface area contributed by atoms with E-state index in [1.807, 2.05) is 11.3 Å². The van der Waals surface area contributed by atoms with Crippen LogP contribution in [-0.4, -0.2) is 6.54 Å². The zero-order chi connectivity index (χ0) is 10.8. The molecule has 3 heteroatoms. The number of nitrogens with one attached hydrogen (secondary N) is 2. The Bertz CT molecular complexity index is 465. The van der Waals surface area contributed by atoms with Crippen LogP contribution in [-0.2, 0) is 0 Å². The summed E-state index contributed by atoms with van der Waals surface area (Å²) in [6, 6.07) is 13.2. The van der Waals surface area contributed by atoms with Gasteiger partial charge in [-0.3, -0.25) is 0 Å². The van der Waals surface area contributed by atoms with E-state index in [4.69, 9.17) is 0 Å². The van der Waals surface area contributed by atoms with E-state index in [0.29, 0.717) is 6.04 Å². The van der Waals surface area contributed by atoms with Crippen LogP contribution >= 0.6 is 11.3 Å². The van der Waals surface area contributed by atoms with Crippen molar-refractivity contribution in [2.75, 3.05) is 17.2 Å². The maximum absolute atomic E-state index is 3.61. The van der Waals surface area contributed by atoms with Gasteiger partial charge in [0, 0.05) is 11.4 Å². The molecule has 16 heavy (non-hydrogen) atoms. The molecule has 0 aliphatic carbocycles. The van der Waals surface area contributed by atoms with E-state index in [-0.39, 0.29) is 0 Å². The molecule has 0 spiro atoms. The molecule has 1 atom stereocenters. The van der Waals surface area contributed by atoms with E-state index >= 15 is 0 Å². The second-order valence-corrected chi connectivity index (χ2v) is 4.95. The molecule has 1 aliphatic heterocycles. The molecule has 3 rings (SSSR count). The number of anilines is 2. The van der Waals surface area contributed by atoms with E-state index in [2.05, 4.69) is 52.4 Å². The first kappa shape index (κ1) is 9.73. The molecule has 0 bridgehead atoms. The van der Waals surface area contributed by atoms with Crippen molar-refractivity contribution in [2.45, 2.75) is 12.5 Å². The number of hydrogen-bond donors (Lipinski definition) is 2. The van der Waals surface area contributed by atoms with Gasteiger partial charge in [0.05, 0.1) is 17.4 Å². The Balaban J connectivity index is 1.91. The van der Waals surface area contributed by atoms with Gasteiger partial charge in [0.2, 0.25) is 0 Å². The summed E-state index contributed by atoms with van der Waals surface area (Å²) in [6.07, 6.45) is 1.12. The van der Waals surface area contributed by atoms with Gasteiger partial charge in [-0.2, -0.15) is 0 Å². The van der Waals surface area contributed by atoms with E-state index in [1.165, 1.54) is 16.3 Å². The van der Waals surface area contributed by atoms with Crippen molar-refractivity contribution in [3.8, 4) is 0 Å². The number of thiophene rings is 1. The Hall–Kier alpha value is -1.48. The third kappa shape index (κ3) is 1.78. The molecule has 0 saturated carbocycles. The first-order valence-electron chi connectivity index (χ1n) is 5.56. The highest BCUT2D eigenvalue weighted by molar-refractivity contribution is 7.10. The van der Waals surface area contributed by atoms with Crippen molar-refractivity contribution in [1.29, 1.82) is 0 Å². The van der Waals surface area contributed by atoms with E-state index in [1.54, 1.807) is 0 Å². The minimum Gasteiger partial charge on any atom is -0.383 e. The van der Waals surface area contributed by atoms with Crippen LogP contribution in [0.4, 0.5) is 11.4 Å². The number of benzene rings is 1. The number of fused-ring (bicyclic) bond motifs is 1. The summed E-state index contributed by atoms with van der Waals surface area (Å²) in [5.74, 6) is 0. The lowest BCUT2D eigenvalue weighted by molar-refractivity contribution is 0.744. The van der Waals surface area contributed by atoms with Crippen molar-refractivity contribution in [3.05, 3.63) is 46.7 Å².